The summed E-state index contributed by atoms with van der Waals surface area (Å²) in [4.78, 5) is 0. The number of nitrogens with one attached hydrogen (secondary N) is 1. The number of hydrogen-bond donors (Lipinski definition) is 1. The van der Waals surface area contributed by atoms with Crippen LogP contribution in [0.3, 0.4) is 0 Å². The highest BCUT2D eigenvalue weighted by Gasteiger charge is 2.28. The highest BCUT2D eigenvalue weighted by Crippen LogP contribution is 2.40. The van der Waals surface area contributed by atoms with Crippen LogP contribution >= 0.6 is 0 Å². The van der Waals surface area contributed by atoms with E-state index in [0.717, 1.165) is 12.5 Å². The van der Waals surface area contributed by atoms with E-state index in [1.54, 1.807) is 0 Å². The number of rotatable bonds is 2. The summed E-state index contributed by atoms with van der Waals surface area (Å²) in [6, 6.07) is 2.83. The van der Waals surface area contributed by atoms with E-state index in [4.69, 9.17) is 0 Å². The Morgan fingerprint density at radius 3 is 2.87 bits per heavy atom. The smallest absolute Gasteiger partial charge is 0.0796 e. The van der Waals surface area contributed by atoms with Crippen LogP contribution in [0.1, 0.15) is 55.5 Å². The Balaban J connectivity index is 1.81. The van der Waals surface area contributed by atoms with Gasteiger partial charge >= 0.3 is 0 Å². The second kappa shape index (κ2) is 3.63. The molecule has 1 aliphatic carbocycles. The molecule has 3 heteroatoms. The maximum Gasteiger partial charge on any atom is 0.0796 e. The first-order valence-electron chi connectivity index (χ1n) is 6.12. The molecule has 0 bridgehead atoms. The van der Waals surface area contributed by atoms with Crippen LogP contribution in [0.4, 0.5) is 0 Å². The van der Waals surface area contributed by atoms with Gasteiger partial charge in [-0.15, -0.1) is 0 Å². The summed E-state index contributed by atoms with van der Waals surface area (Å²) in [5.41, 5.74) is 2.71. The lowest BCUT2D eigenvalue weighted by atomic mass is 10.0. The minimum absolute atomic E-state index is 0.512. The highest BCUT2D eigenvalue weighted by molar-refractivity contribution is 5.21. The van der Waals surface area contributed by atoms with Crippen LogP contribution < -0.4 is 5.32 Å². The molecule has 3 nitrogen and oxygen atoms in total. The first kappa shape index (κ1) is 9.40. The number of piperidine rings is 1. The van der Waals surface area contributed by atoms with Gasteiger partial charge in [-0.05, 0) is 38.3 Å². The molecule has 1 aromatic heterocycles. The minimum atomic E-state index is 0.512. The average Bonchev–Trinajstić information content (AvgIpc) is 3.04. The number of hydrogen-bond acceptors (Lipinski definition) is 2. The zero-order valence-corrected chi connectivity index (χ0v) is 9.37. The molecule has 1 aromatic rings. The van der Waals surface area contributed by atoms with Gasteiger partial charge in [-0.3, -0.25) is 4.68 Å². The van der Waals surface area contributed by atoms with Gasteiger partial charge in [0.15, 0.2) is 0 Å². The molecule has 1 N–H and O–H groups in total. The summed E-state index contributed by atoms with van der Waals surface area (Å²) in [5.74, 6) is 0.805. The molecule has 15 heavy (non-hydrogen) atoms. The van der Waals surface area contributed by atoms with Crippen LogP contribution in [0.5, 0.6) is 0 Å². The van der Waals surface area contributed by atoms with Crippen molar-refractivity contribution in [1.82, 2.24) is 15.1 Å². The van der Waals surface area contributed by atoms with Gasteiger partial charge in [-0.1, -0.05) is 6.42 Å². The Bertz CT molecular complexity index is 346. The normalized spacial score (nSPS) is 26.9. The van der Waals surface area contributed by atoms with E-state index in [0.29, 0.717) is 6.04 Å². The molecule has 2 heterocycles. The van der Waals surface area contributed by atoms with Gasteiger partial charge in [-0.2, -0.15) is 5.10 Å². The summed E-state index contributed by atoms with van der Waals surface area (Å²) in [6.45, 7) is 1.15. The van der Waals surface area contributed by atoms with E-state index in [-0.39, 0.29) is 0 Å². The van der Waals surface area contributed by atoms with Gasteiger partial charge in [0.2, 0.25) is 0 Å². The standard InChI is InChI=1S/C12H19N3/c1-15-12(9-5-6-9)8-11(14-15)10-4-2-3-7-13-10/h8-10,13H,2-7H2,1H3. The number of aryl methyl sites for hydroxylation is 1. The Labute approximate surface area is 90.9 Å². The molecule has 82 valence electrons. The second-order valence-corrected chi connectivity index (χ2v) is 4.89. The van der Waals surface area contributed by atoms with Crippen molar-refractivity contribution in [2.24, 2.45) is 7.05 Å². The van der Waals surface area contributed by atoms with Crippen LogP contribution in [-0.2, 0) is 7.05 Å². The van der Waals surface area contributed by atoms with E-state index in [1.807, 2.05) is 0 Å². The van der Waals surface area contributed by atoms with Gasteiger partial charge in [0.1, 0.15) is 0 Å². The zero-order valence-electron chi connectivity index (χ0n) is 9.37. The minimum Gasteiger partial charge on any atom is -0.309 e. The molecule has 1 aliphatic heterocycles. The predicted octanol–water partition coefficient (Wildman–Crippen LogP) is 2.11. The fourth-order valence-electron chi connectivity index (χ4n) is 2.54. The fourth-order valence-corrected chi connectivity index (χ4v) is 2.54. The third-order valence-corrected chi connectivity index (χ3v) is 3.60. The molecule has 3 rings (SSSR count). The summed E-state index contributed by atoms with van der Waals surface area (Å²) in [5, 5.41) is 8.21. The fraction of sp³-hybridized carbons (Fsp3) is 0.750. The Hall–Kier alpha value is -0.830. The third kappa shape index (κ3) is 1.81. The van der Waals surface area contributed by atoms with Crippen molar-refractivity contribution >= 4 is 0 Å². The van der Waals surface area contributed by atoms with Gasteiger partial charge in [0.25, 0.3) is 0 Å². The second-order valence-electron chi connectivity index (χ2n) is 4.89. The predicted molar refractivity (Wildman–Crippen MR) is 59.8 cm³/mol. The SMILES string of the molecule is Cn1nc(C2CCCCN2)cc1C1CC1. The molecule has 2 aliphatic rings. The van der Waals surface area contributed by atoms with E-state index in [2.05, 4.69) is 28.2 Å². The van der Waals surface area contributed by atoms with E-state index in [9.17, 15) is 0 Å². The van der Waals surface area contributed by atoms with Crippen LogP contribution in [0.15, 0.2) is 6.07 Å². The van der Waals surface area contributed by atoms with Crippen LogP contribution in [0.25, 0.3) is 0 Å². The first-order chi connectivity index (χ1) is 7.34. The quantitative estimate of drug-likeness (QED) is 0.801. The maximum atomic E-state index is 4.65. The van der Waals surface area contributed by atoms with Gasteiger partial charge in [0, 0.05) is 18.7 Å². The summed E-state index contributed by atoms with van der Waals surface area (Å²) < 4.78 is 2.09. The summed E-state index contributed by atoms with van der Waals surface area (Å²) >= 11 is 0. The van der Waals surface area contributed by atoms with Gasteiger partial charge < -0.3 is 5.32 Å². The zero-order chi connectivity index (χ0) is 10.3. The van der Waals surface area contributed by atoms with Crippen LogP contribution in [-0.4, -0.2) is 16.3 Å². The van der Waals surface area contributed by atoms with Gasteiger partial charge in [0.05, 0.1) is 11.7 Å². The molecule has 2 fully saturated rings. The molecule has 0 spiro atoms. The topological polar surface area (TPSA) is 29.9 Å². The molecule has 1 atom stereocenters. The molecule has 0 aromatic carbocycles. The molecule has 1 saturated carbocycles. The van der Waals surface area contributed by atoms with E-state index < -0.39 is 0 Å². The van der Waals surface area contributed by atoms with Crippen LogP contribution in [0.2, 0.25) is 0 Å². The Morgan fingerprint density at radius 2 is 2.20 bits per heavy atom. The molecular formula is C12H19N3. The average molecular weight is 205 g/mol. The van der Waals surface area contributed by atoms with E-state index in [1.165, 1.54) is 43.5 Å². The monoisotopic (exact) mass is 205 g/mol. The van der Waals surface area contributed by atoms with Crippen LogP contribution in [0, 0.1) is 0 Å². The Morgan fingerprint density at radius 1 is 1.33 bits per heavy atom. The molecule has 1 saturated heterocycles. The van der Waals surface area contributed by atoms with Crippen molar-refractivity contribution in [2.45, 2.75) is 44.1 Å². The Kier molecular flexibility index (Phi) is 2.28. The summed E-state index contributed by atoms with van der Waals surface area (Å²) in [7, 11) is 2.08. The lowest BCUT2D eigenvalue weighted by molar-refractivity contribution is 0.402. The maximum absolute atomic E-state index is 4.65. The number of aromatic nitrogens is 2. The lowest BCUT2D eigenvalue weighted by Crippen LogP contribution is -2.27. The molecule has 1 unspecified atom stereocenters. The van der Waals surface area contributed by atoms with Crippen molar-refractivity contribution in [3.63, 3.8) is 0 Å². The lowest BCUT2D eigenvalue weighted by Gasteiger charge is -2.21. The molecule has 0 radical (unpaired) electrons. The summed E-state index contributed by atoms with van der Waals surface area (Å²) in [6.07, 6.45) is 6.63. The van der Waals surface area contributed by atoms with E-state index >= 15 is 0 Å². The van der Waals surface area contributed by atoms with Crippen molar-refractivity contribution in [3.05, 3.63) is 17.5 Å². The number of nitrogens with zero attached hydrogens (tertiary/aromatic N) is 2. The third-order valence-electron chi connectivity index (χ3n) is 3.60. The van der Waals surface area contributed by atoms with Crippen molar-refractivity contribution in [1.29, 1.82) is 0 Å². The van der Waals surface area contributed by atoms with Crippen molar-refractivity contribution < 1.29 is 0 Å². The largest absolute Gasteiger partial charge is 0.309 e. The van der Waals surface area contributed by atoms with Crippen molar-refractivity contribution in [3.8, 4) is 0 Å². The van der Waals surface area contributed by atoms with Crippen molar-refractivity contribution in [2.75, 3.05) is 6.54 Å². The van der Waals surface area contributed by atoms with Gasteiger partial charge in [-0.25, -0.2) is 0 Å². The first-order valence-corrected chi connectivity index (χ1v) is 6.12. The molecular weight excluding hydrogens is 186 g/mol. The molecule has 0 amide bonds. The highest BCUT2D eigenvalue weighted by atomic mass is 15.3.